The van der Waals surface area contributed by atoms with Crippen LogP contribution in [-0.2, 0) is 9.59 Å². The number of ketones is 1. The molecule has 1 saturated heterocycles. The third-order valence-electron chi connectivity index (χ3n) is 6.27. The van der Waals surface area contributed by atoms with Crippen LogP contribution in [0.4, 0.5) is 0 Å². The normalized spacial score (nSPS) is 17.5. The van der Waals surface area contributed by atoms with Crippen LogP contribution in [0.1, 0.15) is 43.5 Å². The summed E-state index contributed by atoms with van der Waals surface area (Å²) in [5.41, 5.74) is 2.13. The predicted octanol–water partition coefficient (Wildman–Crippen LogP) is 4.17. The predicted molar refractivity (Wildman–Crippen MR) is 132 cm³/mol. The van der Waals surface area contributed by atoms with Crippen molar-refractivity contribution in [1.82, 2.24) is 9.80 Å². The second-order valence-electron chi connectivity index (χ2n) is 8.21. The summed E-state index contributed by atoms with van der Waals surface area (Å²) in [6.07, 6.45) is 0. The molecule has 1 aliphatic rings. The highest BCUT2D eigenvalue weighted by Crippen LogP contribution is 2.40. The van der Waals surface area contributed by atoms with Crippen molar-refractivity contribution in [1.29, 1.82) is 0 Å². The van der Waals surface area contributed by atoms with Gasteiger partial charge in [0.2, 0.25) is 0 Å². The molecule has 0 radical (unpaired) electrons. The van der Waals surface area contributed by atoms with Crippen LogP contribution in [0, 0.1) is 6.92 Å². The molecule has 1 unspecified atom stereocenters. The number of methoxy groups -OCH3 is 1. The van der Waals surface area contributed by atoms with E-state index in [4.69, 9.17) is 9.47 Å². The van der Waals surface area contributed by atoms with Gasteiger partial charge in [-0.3, -0.25) is 9.59 Å². The second kappa shape index (κ2) is 11.2. The Morgan fingerprint density at radius 3 is 2.29 bits per heavy atom. The van der Waals surface area contributed by atoms with Crippen molar-refractivity contribution in [2.75, 3.05) is 39.9 Å². The standard InChI is InChI=1S/C27H34N2O5/c1-6-28(7-2)15-16-29-24(19-9-12-21(13-10-19)34-8-3)23(26(31)27(29)32)25(30)20-11-14-22(33-5)18(4)17-20/h9-14,17,24,30H,6-8,15-16H2,1-5H3. The number of hydrogen-bond acceptors (Lipinski definition) is 6. The van der Waals surface area contributed by atoms with E-state index in [-0.39, 0.29) is 11.3 Å². The molecular formula is C27H34N2O5. The number of Topliss-reactive ketones (excluding diaryl/α,β-unsaturated/α-hetero) is 1. The molecule has 3 rings (SSSR count). The number of aliphatic hydroxyl groups excluding tert-OH is 1. The molecule has 1 heterocycles. The molecule has 1 N–H and O–H groups in total. The van der Waals surface area contributed by atoms with Crippen molar-refractivity contribution < 1.29 is 24.2 Å². The molecular weight excluding hydrogens is 432 g/mol. The Labute approximate surface area is 201 Å². The maximum Gasteiger partial charge on any atom is 0.295 e. The van der Waals surface area contributed by atoms with Crippen LogP contribution in [0.5, 0.6) is 11.5 Å². The summed E-state index contributed by atoms with van der Waals surface area (Å²) >= 11 is 0. The Morgan fingerprint density at radius 1 is 1.06 bits per heavy atom. The minimum Gasteiger partial charge on any atom is -0.507 e. The monoisotopic (exact) mass is 466 g/mol. The van der Waals surface area contributed by atoms with Crippen LogP contribution in [0.2, 0.25) is 0 Å². The van der Waals surface area contributed by atoms with E-state index in [9.17, 15) is 14.7 Å². The van der Waals surface area contributed by atoms with Gasteiger partial charge in [0.05, 0.1) is 25.3 Å². The highest BCUT2D eigenvalue weighted by Gasteiger charge is 2.46. The van der Waals surface area contributed by atoms with Gasteiger partial charge in [-0.1, -0.05) is 26.0 Å². The van der Waals surface area contributed by atoms with E-state index in [2.05, 4.69) is 18.7 Å². The number of aliphatic hydroxyl groups is 1. The summed E-state index contributed by atoms with van der Waals surface area (Å²) in [5.74, 6) is -0.0769. The number of likely N-dealkylation sites (N-methyl/N-ethyl adjacent to an activating group) is 1. The van der Waals surface area contributed by atoms with Crippen molar-refractivity contribution >= 4 is 17.4 Å². The molecule has 7 heteroatoms. The van der Waals surface area contributed by atoms with Crippen LogP contribution >= 0.6 is 0 Å². The van der Waals surface area contributed by atoms with E-state index >= 15 is 0 Å². The van der Waals surface area contributed by atoms with Crippen molar-refractivity contribution in [3.63, 3.8) is 0 Å². The summed E-state index contributed by atoms with van der Waals surface area (Å²) in [4.78, 5) is 30.1. The number of benzene rings is 2. The zero-order valence-electron chi connectivity index (χ0n) is 20.6. The van der Waals surface area contributed by atoms with Gasteiger partial charge in [0, 0.05) is 18.7 Å². The number of nitrogens with zero attached hydrogens (tertiary/aromatic N) is 2. The summed E-state index contributed by atoms with van der Waals surface area (Å²) in [5, 5.41) is 11.3. The smallest absolute Gasteiger partial charge is 0.295 e. The summed E-state index contributed by atoms with van der Waals surface area (Å²) in [6.45, 7) is 11.1. The fraction of sp³-hybridized carbons (Fsp3) is 0.407. The van der Waals surface area contributed by atoms with Crippen molar-refractivity contribution in [2.24, 2.45) is 0 Å². The third kappa shape index (κ3) is 5.09. The average Bonchev–Trinajstić information content (AvgIpc) is 3.10. The molecule has 1 aliphatic heterocycles. The lowest BCUT2D eigenvalue weighted by Gasteiger charge is -2.28. The number of ether oxygens (including phenoxy) is 2. The lowest BCUT2D eigenvalue weighted by Crippen LogP contribution is -2.38. The van der Waals surface area contributed by atoms with E-state index in [0.717, 1.165) is 24.2 Å². The molecule has 0 bridgehead atoms. The molecule has 2 aromatic carbocycles. The van der Waals surface area contributed by atoms with Gasteiger partial charge in [-0.05, 0) is 68.4 Å². The van der Waals surface area contributed by atoms with Gasteiger partial charge in [0.15, 0.2) is 0 Å². The number of hydrogen-bond donors (Lipinski definition) is 1. The first-order valence-corrected chi connectivity index (χ1v) is 11.7. The molecule has 0 spiro atoms. The Bertz CT molecular complexity index is 1060. The lowest BCUT2D eigenvalue weighted by molar-refractivity contribution is -0.140. The Morgan fingerprint density at radius 2 is 1.74 bits per heavy atom. The molecule has 0 saturated carbocycles. The van der Waals surface area contributed by atoms with Gasteiger partial charge in [-0.15, -0.1) is 0 Å². The number of carbonyl (C=O) groups excluding carboxylic acids is 2. The van der Waals surface area contributed by atoms with Gasteiger partial charge in [0.25, 0.3) is 11.7 Å². The van der Waals surface area contributed by atoms with Crippen molar-refractivity contribution in [3.8, 4) is 11.5 Å². The molecule has 7 nitrogen and oxygen atoms in total. The highest BCUT2D eigenvalue weighted by atomic mass is 16.5. The second-order valence-corrected chi connectivity index (χ2v) is 8.21. The lowest BCUT2D eigenvalue weighted by atomic mass is 9.94. The topological polar surface area (TPSA) is 79.3 Å². The average molecular weight is 467 g/mol. The van der Waals surface area contributed by atoms with Gasteiger partial charge < -0.3 is 24.4 Å². The van der Waals surface area contributed by atoms with Crippen LogP contribution in [-0.4, -0.2) is 66.5 Å². The highest BCUT2D eigenvalue weighted by molar-refractivity contribution is 6.46. The summed E-state index contributed by atoms with van der Waals surface area (Å²) < 4.78 is 10.9. The fourth-order valence-corrected chi connectivity index (χ4v) is 4.34. The number of carbonyl (C=O) groups is 2. The Hall–Kier alpha value is -3.32. The van der Waals surface area contributed by atoms with E-state index < -0.39 is 17.7 Å². The first kappa shape index (κ1) is 25.3. The molecule has 0 aromatic heterocycles. The Balaban J connectivity index is 2.09. The fourth-order valence-electron chi connectivity index (χ4n) is 4.34. The van der Waals surface area contributed by atoms with Gasteiger partial charge >= 0.3 is 0 Å². The van der Waals surface area contributed by atoms with E-state index in [0.29, 0.717) is 36.8 Å². The Kier molecular flexibility index (Phi) is 8.34. The zero-order valence-corrected chi connectivity index (χ0v) is 20.6. The molecule has 182 valence electrons. The molecule has 0 aliphatic carbocycles. The molecule has 34 heavy (non-hydrogen) atoms. The van der Waals surface area contributed by atoms with Gasteiger partial charge in [-0.25, -0.2) is 0 Å². The maximum atomic E-state index is 13.2. The minimum absolute atomic E-state index is 0.0956. The first-order valence-electron chi connectivity index (χ1n) is 11.7. The quantitative estimate of drug-likeness (QED) is 0.322. The van der Waals surface area contributed by atoms with Gasteiger partial charge in [0.1, 0.15) is 17.3 Å². The molecule has 1 fully saturated rings. The molecule has 1 amide bonds. The summed E-state index contributed by atoms with van der Waals surface area (Å²) in [7, 11) is 1.58. The van der Waals surface area contributed by atoms with Gasteiger partial charge in [-0.2, -0.15) is 0 Å². The SMILES string of the molecule is CCOc1ccc(C2C(=C(O)c3ccc(OC)c(C)c3)C(=O)C(=O)N2CCN(CC)CC)cc1. The number of rotatable bonds is 10. The largest absolute Gasteiger partial charge is 0.507 e. The van der Waals surface area contributed by atoms with Crippen LogP contribution in [0.15, 0.2) is 48.0 Å². The number of likely N-dealkylation sites (tertiary alicyclic amines) is 1. The minimum atomic E-state index is -0.686. The number of amides is 1. The van der Waals surface area contributed by atoms with Crippen LogP contribution in [0.25, 0.3) is 5.76 Å². The third-order valence-corrected chi connectivity index (χ3v) is 6.27. The number of aryl methyl sites for hydroxylation is 1. The molecule has 2 aromatic rings. The summed E-state index contributed by atoms with van der Waals surface area (Å²) in [6, 6.07) is 11.8. The van der Waals surface area contributed by atoms with Crippen LogP contribution < -0.4 is 9.47 Å². The zero-order chi connectivity index (χ0) is 24.8. The van der Waals surface area contributed by atoms with Crippen LogP contribution in [0.3, 0.4) is 0 Å². The van der Waals surface area contributed by atoms with E-state index in [1.165, 1.54) is 0 Å². The van der Waals surface area contributed by atoms with E-state index in [1.807, 2.05) is 38.1 Å². The first-order chi connectivity index (χ1) is 16.4. The molecule has 1 atom stereocenters. The van der Waals surface area contributed by atoms with E-state index in [1.54, 1.807) is 30.2 Å². The maximum absolute atomic E-state index is 13.2. The van der Waals surface area contributed by atoms with Crippen molar-refractivity contribution in [2.45, 2.75) is 33.7 Å². The van der Waals surface area contributed by atoms with Crippen molar-refractivity contribution in [3.05, 3.63) is 64.7 Å².